The number of aliphatic hydroxyl groups excluding tert-OH is 1. The maximum atomic E-state index is 13.2. The third kappa shape index (κ3) is 5.09. The molecular weight excluding hydrogens is 444 g/mol. The molecule has 1 saturated heterocycles. The Morgan fingerprint density at radius 2 is 1.74 bits per heavy atom. The van der Waals surface area contributed by atoms with Gasteiger partial charge in [0.2, 0.25) is 0 Å². The molecule has 0 saturated carbocycles. The molecule has 3 aromatic rings. The molecule has 1 aliphatic rings. The molecule has 1 fully saturated rings. The highest BCUT2D eigenvalue weighted by molar-refractivity contribution is 6.46. The summed E-state index contributed by atoms with van der Waals surface area (Å²) in [4.78, 5) is 31.9. The number of carbonyl (C=O) groups excluding carboxylic acids is 2. The lowest BCUT2D eigenvalue weighted by Crippen LogP contribution is -2.29. The van der Waals surface area contributed by atoms with Gasteiger partial charge < -0.3 is 19.5 Å². The maximum Gasteiger partial charge on any atom is 0.295 e. The molecule has 0 aliphatic carbocycles. The Labute approximate surface area is 203 Å². The van der Waals surface area contributed by atoms with Gasteiger partial charge in [-0.15, -0.1) is 0 Å². The van der Waals surface area contributed by atoms with E-state index in [1.54, 1.807) is 73.1 Å². The van der Waals surface area contributed by atoms with E-state index in [-0.39, 0.29) is 17.9 Å². The van der Waals surface area contributed by atoms with Crippen molar-refractivity contribution in [3.05, 3.63) is 108 Å². The number of hydrogen-bond acceptors (Lipinski definition) is 6. The molecule has 0 spiro atoms. The second-order valence-electron chi connectivity index (χ2n) is 7.91. The fourth-order valence-corrected chi connectivity index (χ4v) is 4.01. The van der Waals surface area contributed by atoms with E-state index in [9.17, 15) is 14.7 Å². The molecule has 1 N–H and O–H groups in total. The first kappa shape index (κ1) is 23.8. The molecule has 7 heteroatoms. The van der Waals surface area contributed by atoms with Crippen LogP contribution in [0.1, 0.15) is 29.7 Å². The van der Waals surface area contributed by atoms with Gasteiger partial charge in [-0.05, 0) is 60.5 Å². The van der Waals surface area contributed by atoms with Crippen molar-refractivity contribution in [1.82, 2.24) is 9.88 Å². The van der Waals surface area contributed by atoms with Crippen molar-refractivity contribution in [2.45, 2.75) is 19.5 Å². The van der Waals surface area contributed by atoms with Gasteiger partial charge in [0, 0.05) is 24.5 Å². The van der Waals surface area contributed by atoms with Crippen LogP contribution >= 0.6 is 0 Å². The second kappa shape index (κ2) is 10.7. The van der Waals surface area contributed by atoms with Crippen LogP contribution in [0.25, 0.3) is 5.76 Å². The van der Waals surface area contributed by atoms with Crippen molar-refractivity contribution in [1.29, 1.82) is 0 Å². The lowest BCUT2D eigenvalue weighted by molar-refractivity contribution is -0.140. The Bertz CT molecular complexity index is 1230. The topological polar surface area (TPSA) is 89.0 Å². The van der Waals surface area contributed by atoms with E-state index < -0.39 is 17.7 Å². The Balaban J connectivity index is 1.78. The van der Waals surface area contributed by atoms with Crippen molar-refractivity contribution >= 4 is 17.4 Å². The molecule has 1 amide bonds. The first-order chi connectivity index (χ1) is 17.0. The van der Waals surface area contributed by atoms with Crippen LogP contribution in [0, 0.1) is 0 Å². The molecule has 2 heterocycles. The van der Waals surface area contributed by atoms with Crippen LogP contribution in [-0.2, 0) is 16.1 Å². The monoisotopic (exact) mass is 470 g/mol. The summed E-state index contributed by atoms with van der Waals surface area (Å²) in [6.45, 7) is 6.56. The summed E-state index contributed by atoms with van der Waals surface area (Å²) in [5.74, 6) is -0.384. The van der Waals surface area contributed by atoms with E-state index in [0.29, 0.717) is 35.8 Å². The van der Waals surface area contributed by atoms with Gasteiger partial charge >= 0.3 is 0 Å². The number of carbonyl (C=O) groups is 2. The summed E-state index contributed by atoms with van der Waals surface area (Å²) in [5.41, 5.74) is 1.89. The van der Waals surface area contributed by atoms with E-state index in [1.807, 2.05) is 13.0 Å². The summed E-state index contributed by atoms with van der Waals surface area (Å²) in [6.07, 6.45) is 4.94. The average molecular weight is 471 g/mol. The Morgan fingerprint density at radius 1 is 1.06 bits per heavy atom. The van der Waals surface area contributed by atoms with E-state index in [2.05, 4.69) is 11.6 Å². The molecule has 7 nitrogen and oxygen atoms in total. The average Bonchev–Trinajstić information content (AvgIpc) is 3.13. The van der Waals surface area contributed by atoms with Gasteiger partial charge in [0.1, 0.15) is 23.9 Å². The first-order valence-corrected chi connectivity index (χ1v) is 11.3. The third-order valence-corrected chi connectivity index (χ3v) is 5.62. The molecule has 1 atom stereocenters. The number of ketones is 1. The van der Waals surface area contributed by atoms with Crippen LogP contribution in [0.3, 0.4) is 0 Å². The Kier molecular flexibility index (Phi) is 7.26. The number of hydrogen-bond donors (Lipinski definition) is 1. The largest absolute Gasteiger partial charge is 0.507 e. The fraction of sp³-hybridized carbons (Fsp3) is 0.179. The number of Topliss-reactive ketones (excluding diaryl/α,β-unsaturated/α-hetero) is 1. The van der Waals surface area contributed by atoms with Crippen molar-refractivity contribution in [2.75, 3.05) is 13.2 Å². The zero-order chi connectivity index (χ0) is 24.8. The van der Waals surface area contributed by atoms with E-state index in [4.69, 9.17) is 9.47 Å². The van der Waals surface area contributed by atoms with E-state index in [0.717, 1.165) is 5.56 Å². The maximum absolute atomic E-state index is 13.2. The number of likely N-dealkylation sites (tertiary alicyclic amines) is 1. The molecule has 2 aromatic carbocycles. The lowest BCUT2D eigenvalue weighted by Gasteiger charge is -2.25. The smallest absolute Gasteiger partial charge is 0.295 e. The predicted molar refractivity (Wildman–Crippen MR) is 132 cm³/mol. The summed E-state index contributed by atoms with van der Waals surface area (Å²) < 4.78 is 11.0. The minimum absolute atomic E-state index is 0.0304. The van der Waals surface area contributed by atoms with Gasteiger partial charge in [-0.2, -0.15) is 0 Å². The van der Waals surface area contributed by atoms with Gasteiger partial charge in [0.05, 0.1) is 18.2 Å². The summed E-state index contributed by atoms with van der Waals surface area (Å²) in [5, 5.41) is 11.2. The van der Waals surface area contributed by atoms with Gasteiger partial charge in [-0.25, -0.2) is 0 Å². The van der Waals surface area contributed by atoms with Crippen molar-refractivity contribution in [2.24, 2.45) is 0 Å². The predicted octanol–water partition coefficient (Wildman–Crippen LogP) is 4.67. The number of nitrogens with zero attached hydrogens (tertiary/aromatic N) is 2. The molecule has 0 radical (unpaired) electrons. The van der Waals surface area contributed by atoms with Crippen molar-refractivity contribution in [3.8, 4) is 11.5 Å². The van der Waals surface area contributed by atoms with Gasteiger partial charge in [-0.1, -0.05) is 30.9 Å². The molecule has 1 aliphatic heterocycles. The van der Waals surface area contributed by atoms with Crippen molar-refractivity contribution in [3.63, 3.8) is 0 Å². The number of benzene rings is 2. The number of rotatable bonds is 9. The summed E-state index contributed by atoms with van der Waals surface area (Å²) in [6, 6.07) is 16.7. The van der Waals surface area contributed by atoms with Crippen LogP contribution < -0.4 is 9.47 Å². The summed E-state index contributed by atoms with van der Waals surface area (Å²) in [7, 11) is 0. The van der Waals surface area contributed by atoms with Crippen LogP contribution in [0.2, 0.25) is 0 Å². The molecule has 35 heavy (non-hydrogen) atoms. The van der Waals surface area contributed by atoms with Crippen LogP contribution in [-0.4, -0.2) is 39.9 Å². The first-order valence-electron chi connectivity index (χ1n) is 11.3. The molecule has 1 aromatic heterocycles. The summed E-state index contributed by atoms with van der Waals surface area (Å²) >= 11 is 0. The zero-order valence-electron chi connectivity index (χ0n) is 19.4. The van der Waals surface area contributed by atoms with Gasteiger partial charge in [0.25, 0.3) is 11.7 Å². The molecule has 0 bridgehead atoms. The lowest BCUT2D eigenvalue weighted by atomic mass is 9.95. The van der Waals surface area contributed by atoms with Gasteiger partial charge in [-0.3, -0.25) is 14.6 Å². The number of aliphatic hydroxyl groups is 1. The van der Waals surface area contributed by atoms with Crippen molar-refractivity contribution < 1.29 is 24.2 Å². The minimum Gasteiger partial charge on any atom is -0.507 e. The zero-order valence-corrected chi connectivity index (χ0v) is 19.4. The standard InChI is InChI=1S/C28H26N2O5/c1-3-16-35-23-11-7-20(8-12-23)25-24(26(31)21-9-13-22(14-10-21)34-4-2)27(32)28(33)30(25)18-19-6-5-15-29-17-19/h3,5-15,17,25,31H,1,4,16,18H2,2H3/b26-24-. The molecule has 1 unspecified atom stereocenters. The number of pyridine rings is 1. The Hall–Kier alpha value is -4.39. The highest BCUT2D eigenvalue weighted by Crippen LogP contribution is 2.40. The quantitative estimate of drug-likeness (QED) is 0.212. The highest BCUT2D eigenvalue weighted by Gasteiger charge is 2.46. The van der Waals surface area contributed by atoms with Gasteiger partial charge in [0.15, 0.2) is 0 Å². The van der Waals surface area contributed by atoms with E-state index in [1.165, 1.54) is 4.90 Å². The molecule has 178 valence electrons. The molecular formula is C28H26N2O5. The number of amides is 1. The third-order valence-electron chi connectivity index (χ3n) is 5.62. The number of ether oxygens (including phenoxy) is 2. The highest BCUT2D eigenvalue weighted by atomic mass is 16.5. The van der Waals surface area contributed by atoms with Crippen LogP contribution in [0.15, 0.2) is 91.3 Å². The molecule has 4 rings (SSSR count). The van der Waals surface area contributed by atoms with E-state index >= 15 is 0 Å². The normalized spacial score (nSPS) is 16.8. The van der Waals surface area contributed by atoms with Crippen LogP contribution in [0.4, 0.5) is 0 Å². The number of aromatic nitrogens is 1. The van der Waals surface area contributed by atoms with Crippen LogP contribution in [0.5, 0.6) is 11.5 Å². The Morgan fingerprint density at radius 3 is 2.37 bits per heavy atom. The minimum atomic E-state index is -0.782. The second-order valence-corrected chi connectivity index (χ2v) is 7.91. The fourth-order valence-electron chi connectivity index (χ4n) is 4.01. The SMILES string of the molecule is C=CCOc1ccc(C2/C(=C(/O)c3ccc(OCC)cc3)C(=O)C(=O)N2Cc2cccnc2)cc1.